The monoisotopic (exact) mass is 544 g/mol. The van der Waals surface area contributed by atoms with Crippen molar-refractivity contribution in [3.8, 4) is 17.2 Å². The van der Waals surface area contributed by atoms with E-state index < -0.39 is 0 Å². The van der Waals surface area contributed by atoms with Gasteiger partial charge >= 0.3 is 0 Å². The molecule has 0 saturated carbocycles. The second-order valence-corrected chi connectivity index (χ2v) is 14.9. The molecule has 0 fully saturated rings. The summed E-state index contributed by atoms with van der Waals surface area (Å²) in [5.41, 5.74) is 10.4. The van der Waals surface area contributed by atoms with Crippen molar-refractivity contribution in [2.75, 3.05) is 0 Å². The van der Waals surface area contributed by atoms with Crippen LogP contribution in [0, 0.1) is 20.8 Å². The van der Waals surface area contributed by atoms with E-state index in [4.69, 9.17) is 0 Å². The quantitative estimate of drug-likeness (QED) is 0.289. The third-order valence-corrected chi connectivity index (χ3v) is 8.24. The molecule has 3 nitrogen and oxygen atoms in total. The van der Waals surface area contributed by atoms with Crippen LogP contribution in [0.25, 0.3) is 0 Å². The lowest BCUT2D eigenvalue weighted by Crippen LogP contribution is -2.22. The highest BCUT2D eigenvalue weighted by molar-refractivity contribution is 5.55. The Morgan fingerprint density at radius 2 is 0.875 bits per heavy atom. The number of phenols is 3. The number of aryl methyl sites for hydroxylation is 3. The van der Waals surface area contributed by atoms with E-state index >= 15 is 0 Å². The molecule has 0 unspecified atom stereocenters. The first-order valence-corrected chi connectivity index (χ1v) is 14.7. The predicted molar refractivity (Wildman–Crippen MR) is 169 cm³/mol. The van der Waals surface area contributed by atoms with Crippen molar-refractivity contribution in [1.29, 1.82) is 0 Å². The highest BCUT2D eigenvalue weighted by Crippen LogP contribution is 2.46. The summed E-state index contributed by atoms with van der Waals surface area (Å²) in [6.45, 7) is 26.2. The van der Waals surface area contributed by atoms with E-state index in [1.165, 1.54) is 33.4 Å². The Hall–Kier alpha value is -2.94. The number of hydrogen-bond donors (Lipinski definition) is 3. The Bertz CT molecular complexity index is 1310. The van der Waals surface area contributed by atoms with E-state index in [0.717, 1.165) is 36.0 Å². The van der Waals surface area contributed by atoms with Gasteiger partial charge < -0.3 is 15.3 Å². The molecular formula is C37H52O3. The Morgan fingerprint density at radius 1 is 0.525 bits per heavy atom. The number of rotatable bonds is 6. The smallest absolute Gasteiger partial charge is 0.116 e. The topological polar surface area (TPSA) is 60.7 Å². The maximum absolute atomic E-state index is 10.6. The number of benzene rings is 3. The third-order valence-electron chi connectivity index (χ3n) is 8.24. The molecule has 3 aromatic carbocycles. The molecule has 0 aromatic heterocycles. The minimum Gasteiger partial charge on any atom is -0.508 e. The second-order valence-electron chi connectivity index (χ2n) is 14.9. The molecule has 40 heavy (non-hydrogen) atoms. The van der Waals surface area contributed by atoms with Crippen molar-refractivity contribution in [3.05, 3.63) is 86.5 Å². The standard InChI is InChI=1S/C37H52O3/c1-22-16-25(38)19-30(35(4,5)6)28(22)14-13-15-29(33-23(2)17-26(39)20-31(33)36(7,8)9)34-24(3)18-27(40)21-32(34)37(10,11)12/h16-21,29,38-40H,13-15H2,1-12H3. The molecule has 0 radical (unpaired) electrons. The van der Waals surface area contributed by atoms with E-state index in [-0.39, 0.29) is 22.2 Å². The van der Waals surface area contributed by atoms with Crippen molar-refractivity contribution in [2.24, 2.45) is 0 Å². The van der Waals surface area contributed by atoms with E-state index in [2.05, 4.69) is 83.1 Å². The average Bonchev–Trinajstić information content (AvgIpc) is 2.76. The van der Waals surface area contributed by atoms with Crippen LogP contribution in [-0.2, 0) is 22.7 Å². The van der Waals surface area contributed by atoms with Crippen LogP contribution < -0.4 is 0 Å². The van der Waals surface area contributed by atoms with Gasteiger partial charge in [-0.05, 0) is 143 Å². The van der Waals surface area contributed by atoms with Crippen LogP contribution in [0.3, 0.4) is 0 Å². The molecule has 0 atom stereocenters. The molecule has 0 amide bonds. The molecule has 0 aliphatic heterocycles. The minimum atomic E-state index is -0.156. The first kappa shape index (κ1) is 31.6. The van der Waals surface area contributed by atoms with Crippen molar-refractivity contribution in [3.63, 3.8) is 0 Å². The molecule has 3 aromatic rings. The van der Waals surface area contributed by atoms with Gasteiger partial charge in [-0.1, -0.05) is 62.3 Å². The van der Waals surface area contributed by atoms with E-state index in [9.17, 15) is 15.3 Å². The number of aromatic hydroxyl groups is 3. The Morgan fingerprint density at radius 3 is 1.25 bits per heavy atom. The maximum atomic E-state index is 10.6. The van der Waals surface area contributed by atoms with Gasteiger partial charge in [0.15, 0.2) is 0 Å². The molecule has 3 heteroatoms. The summed E-state index contributed by atoms with van der Waals surface area (Å²) < 4.78 is 0. The summed E-state index contributed by atoms with van der Waals surface area (Å²) in [7, 11) is 0. The minimum absolute atomic E-state index is 0.0713. The number of hydrogen-bond acceptors (Lipinski definition) is 3. The lowest BCUT2D eigenvalue weighted by molar-refractivity contribution is 0.465. The molecular weight excluding hydrogens is 492 g/mol. The predicted octanol–water partition coefficient (Wildman–Crippen LogP) is 9.78. The van der Waals surface area contributed by atoms with Crippen LogP contribution in [0.15, 0.2) is 36.4 Å². The normalized spacial score (nSPS) is 12.8. The zero-order valence-corrected chi connectivity index (χ0v) is 27.0. The first-order chi connectivity index (χ1) is 18.2. The summed E-state index contributed by atoms with van der Waals surface area (Å²) in [5.74, 6) is 1.03. The van der Waals surface area contributed by atoms with Gasteiger partial charge in [0.2, 0.25) is 0 Å². The summed E-state index contributed by atoms with van der Waals surface area (Å²) in [6.07, 6.45) is 2.81. The van der Waals surface area contributed by atoms with Gasteiger partial charge in [-0.15, -0.1) is 0 Å². The lowest BCUT2D eigenvalue weighted by atomic mass is 9.70. The van der Waals surface area contributed by atoms with E-state index in [1.807, 2.05) is 36.4 Å². The summed E-state index contributed by atoms with van der Waals surface area (Å²) in [6, 6.07) is 11.5. The molecule has 0 bridgehead atoms. The van der Waals surface area contributed by atoms with Crippen molar-refractivity contribution >= 4 is 0 Å². The zero-order valence-electron chi connectivity index (χ0n) is 27.0. The molecule has 0 spiro atoms. The van der Waals surface area contributed by atoms with Crippen LogP contribution in [-0.4, -0.2) is 15.3 Å². The SMILES string of the molecule is Cc1cc(O)cc(C(C)(C)C)c1CCCC(c1c(C)cc(O)cc1C(C)(C)C)c1c(C)cc(O)cc1C(C)(C)C. The summed E-state index contributed by atoms with van der Waals surface area (Å²) in [4.78, 5) is 0. The summed E-state index contributed by atoms with van der Waals surface area (Å²) >= 11 is 0. The van der Waals surface area contributed by atoms with Crippen molar-refractivity contribution in [2.45, 2.75) is 125 Å². The largest absolute Gasteiger partial charge is 0.508 e. The van der Waals surface area contributed by atoms with E-state index in [0.29, 0.717) is 17.2 Å². The zero-order chi connectivity index (χ0) is 30.4. The molecule has 0 heterocycles. The fourth-order valence-corrected chi connectivity index (χ4v) is 6.44. The molecule has 3 rings (SSSR count). The van der Waals surface area contributed by atoms with Crippen LogP contribution in [0.1, 0.15) is 131 Å². The van der Waals surface area contributed by atoms with Gasteiger partial charge in [-0.25, -0.2) is 0 Å². The van der Waals surface area contributed by atoms with Crippen LogP contribution >= 0.6 is 0 Å². The molecule has 0 aliphatic rings. The lowest BCUT2D eigenvalue weighted by Gasteiger charge is -2.34. The van der Waals surface area contributed by atoms with E-state index in [1.54, 1.807) is 0 Å². The highest BCUT2D eigenvalue weighted by atomic mass is 16.3. The van der Waals surface area contributed by atoms with Gasteiger partial charge in [0.1, 0.15) is 17.2 Å². The summed E-state index contributed by atoms with van der Waals surface area (Å²) in [5, 5.41) is 31.7. The Labute approximate surface area is 243 Å². The Kier molecular flexibility index (Phi) is 8.80. The van der Waals surface area contributed by atoms with Crippen LogP contribution in [0.2, 0.25) is 0 Å². The van der Waals surface area contributed by atoms with Gasteiger partial charge in [0.05, 0.1) is 0 Å². The van der Waals surface area contributed by atoms with Crippen molar-refractivity contribution in [1.82, 2.24) is 0 Å². The van der Waals surface area contributed by atoms with Crippen molar-refractivity contribution < 1.29 is 15.3 Å². The first-order valence-electron chi connectivity index (χ1n) is 14.7. The molecule has 3 N–H and O–H groups in total. The highest BCUT2D eigenvalue weighted by Gasteiger charge is 2.32. The Balaban J connectivity index is 2.24. The van der Waals surface area contributed by atoms with Gasteiger partial charge in [0.25, 0.3) is 0 Å². The van der Waals surface area contributed by atoms with Gasteiger partial charge in [-0.3, -0.25) is 0 Å². The maximum Gasteiger partial charge on any atom is 0.116 e. The van der Waals surface area contributed by atoms with Crippen LogP contribution in [0.5, 0.6) is 17.2 Å². The molecule has 218 valence electrons. The molecule has 0 saturated heterocycles. The van der Waals surface area contributed by atoms with Gasteiger partial charge in [-0.2, -0.15) is 0 Å². The average molecular weight is 545 g/mol. The second kappa shape index (κ2) is 11.1. The fraction of sp³-hybridized carbons (Fsp3) is 0.514. The number of phenolic OH excluding ortho intramolecular Hbond substituents is 3. The molecule has 0 aliphatic carbocycles. The van der Waals surface area contributed by atoms with Gasteiger partial charge in [0, 0.05) is 5.92 Å². The van der Waals surface area contributed by atoms with Crippen LogP contribution in [0.4, 0.5) is 0 Å². The fourth-order valence-electron chi connectivity index (χ4n) is 6.44. The third kappa shape index (κ3) is 6.85.